The Balaban J connectivity index is 3.23. The number of hydrogen-bond donors (Lipinski definition) is 2. The molecular formula is C44H88N2O2S2. The van der Waals surface area contributed by atoms with Gasteiger partial charge in [-0.1, -0.05) is 219 Å². The highest BCUT2D eigenvalue weighted by molar-refractivity contribution is 7.80. The van der Waals surface area contributed by atoms with Gasteiger partial charge in [-0.2, -0.15) is 0 Å². The SMILES string of the molecule is CCCCCCCCCCCCCCCCCCOC(=S)NCCCCCCNC(=S)OCCCCCCCCCCCCCCCCCC. The summed E-state index contributed by atoms with van der Waals surface area (Å²) in [5, 5.41) is 7.67. The van der Waals surface area contributed by atoms with Gasteiger partial charge < -0.3 is 20.1 Å². The van der Waals surface area contributed by atoms with Crippen molar-refractivity contribution in [1.29, 1.82) is 0 Å². The van der Waals surface area contributed by atoms with Crippen molar-refractivity contribution in [2.45, 2.75) is 245 Å². The lowest BCUT2D eigenvalue weighted by atomic mass is 10.0. The van der Waals surface area contributed by atoms with Crippen LogP contribution in [0.5, 0.6) is 0 Å². The molecule has 0 bridgehead atoms. The maximum absolute atomic E-state index is 5.71. The summed E-state index contributed by atoms with van der Waals surface area (Å²) >= 11 is 10.7. The van der Waals surface area contributed by atoms with Crippen molar-refractivity contribution in [1.82, 2.24) is 10.6 Å². The smallest absolute Gasteiger partial charge is 0.256 e. The fraction of sp³-hybridized carbons (Fsp3) is 0.955. The molecule has 0 aliphatic carbocycles. The molecule has 50 heavy (non-hydrogen) atoms. The van der Waals surface area contributed by atoms with Crippen LogP contribution in [0.15, 0.2) is 0 Å². The van der Waals surface area contributed by atoms with Crippen molar-refractivity contribution in [2.24, 2.45) is 0 Å². The molecule has 2 N–H and O–H groups in total. The summed E-state index contributed by atoms with van der Waals surface area (Å²) in [6, 6.07) is 0. The lowest BCUT2D eigenvalue weighted by Crippen LogP contribution is -2.26. The number of unbranched alkanes of at least 4 members (excludes halogenated alkanes) is 33. The first-order valence-electron chi connectivity index (χ1n) is 22.5. The summed E-state index contributed by atoms with van der Waals surface area (Å²) in [4.78, 5) is 0. The van der Waals surface area contributed by atoms with Gasteiger partial charge in [0.15, 0.2) is 0 Å². The lowest BCUT2D eigenvalue weighted by molar-refractivity contribution is 0.285. The third-order valence-electron chi connectivity index (χ3n) is 10.1. The Kier molecular flexibility index (Phi) is 44.0. The van der Waals surface area contributed by atoms with Crippen LogP contribution in [0.25, 0.3) is 0 Å². The van der Waals surface area contributed by atoms with Gasteiger partial charge in [0.2, 0.25) is 0 Å². The number of nitrogens with one attached hydrogen (secondary N) is 2. The predicted octanol–water partition coefficient (Wildman–Crippen LogP) is 14.9. The molecule has 0 atom stereocenters. The van der Waals surface area contributed by atoms with Gasteiger partial charge in [0.05, 0.1) is 13.2 Å². The monoisotopic (exact) mass is 741 g/mol. The molecular weight excluding hydrogens is 653 g/mol. The molecule has 0 amide bonds. The van der Waals surface area contributed by atoms with E-state index in [1.54, 1.807) is 0 Å². The second kappa shape index (κ2) is 44.5. The fourth-order valence-electron chi connectivity index (χ4n) is 6.72. The van der Waals surface area contributed by atoms with Gasteiger partial charge in [-0.15, -0.1) is 0 Å². The first-order chi connectivity index (χ1) is 24.7. The topological polar surface area (TPSA) is 42.5 Å². The molecule has 0 saturated carbocycles. The van der Waals surface area contributed by atoms with Crippen LogP contribution in [-0.4, -0.2) is 36.7 Å². The van der Waals surface area contributed by atoms with Crippen LogP contribution in [0, 0.1) is 0 Å². The highest BCUT2D eigenvalue weighted by atomic mass is 32.1. The molecule has 0 aliphatic rings. The van der Waals surface area contributed by atoms with Gasteiger partial charge in [0.1, 0.15) is 0 Å². The van der Waals surface area contributed by atoms with E-state index in [0.29, 0.717) is 10.3 Å². The van der Waals surface area contributed by atoms with Gasteiger partial charge in [-0.25, -0.2) is 0 Å². The third kappa shape index (κ3) is 43.5. The van der Waals surface area contributed by atoms with Crippen molar-refractivity contribution >= 4 is 34.8 Å². The molecule has 0 rings (SSSR count). The van der Waals surface area contributed by atoms with E-state index in [2.05, 4.69) is 24.5 Å². The zero-order valence-electron chi connectivity index (χ0n) is 33.9. The van der Waals surface area contributed by atoms with Crippen LogP contribution >= 0.6 is 24.4 Å². The van der Waals surface area contributed by atoms with Crippen molar-refractivity contribution in [3.05, 3.63) is 0 Å². The zero-order chi connectivity index (χ0) is 36.3. The standard InChI is InChI=1S/C44H88N2O2S2/c1-3-5-7-9-11-13-15-17-19-21-23-25-27-29-33-37-41-47-43(49)45-39-35-31-32-36-40-46-44(50)48-42-38-34-30-28-26-24-22-20-18-16-14-12-10-8-6-4-2/h3-42H2,1-2H3,(H,45,49)(H,46,50). The second-order valence-corrected chi connectivity index (χ2v) is 15.9. The van der Waals surface area contributed by atoms with Gasteiger partial charge in [0.25, 0.3) is 10.3 Å². The molecule has 0 fully saturated rings. The zero-order valence-corrected chi connectivity index (χ0v) is 35.6. The summed E-state index contributed by atoms with van der Waals surface area (Å²) in [5.74, 6) is 0. The summed E-state index contributed by atoms with van der Waals surface area (Å²) in [6.45, 7) is 7.87. The van der Waals surface area contributed by atoms with Gasteiger partial charge in [0, 0.05) is 13.1 Å². The molecule has 298 valence electrons. The maximum atomic E-state index is 5.71. The van der Waals surface area contributed by atoms with E-state index in [1.165, 1.54) is 205 Å². The van der Waals surface area contributed by atoms with Crippen molar-refractivity contribution in [3.8, 4) is 0 Å². The minimum Gasteiger partial charge on any atom is -0.471 e. The van der Waals surface area contributed by atoms with E-state index in [4.69, 9.17) is 33.9 Å². The van der Waals surface area contributed by atoms with Gasteiger partial charge in [-0.05, 0) is 50.1 Å². The van der Waals surface area contributed by atoms with E-state index in [1.807, 2.05) is 0 Å². The van der Waals surface area contributed by atoms with E-state index >= 15 is 0 Å². The Labute approximate surface area is 324 Å². The Bertz CT molecular complexity index is 622. The molecule has 0 aromatic heterocycles. The van der Waals surface area contributed by atoms with Crippen molar-refractivity contribution < 1.29 is 9.47 Å². The summed E-state index contributed by atoms with van der Waals surface area (Å²) < 4.78 is 11.4. The minimum atomic E-state index is 0.569. The first-order valence-corrected chi connectivity index (χ1v) is 23.3. The van der Waals surface area contributed by atoms with Crippen LogP contribution in [0.1, 0.15) is 245 Å². The fourth-order valence-corrected chi connectivity index (χ4v) is 7.09. The first kappa shape index (κ1) is 49.4. The third-order valence-corrected chi connectivity index (χ3v) is 10.6. The predicted molar refractivity (Wildman–Crippen MR) is 231 cm³/mol. The van der Waals surface area contributed by atoms with Crippen LogP contribution < -0.4 is 10.6 Å². The molecule has 0 unspecified atom stereocenters. The molecule has 0 spiro atoms. The average Bonchev–Trinajstić information content (AvgIpc) is 3.12. The van der Waals surface area contributed by atoms with Crippen LogP contribution in [-0.2, 0) is 9.47 Å². The molecule has 4 nitrogen and oxygen atoms in total. The van der Waals surface area contributed by atoms with E-state index < -0.39 is 0 Å². The highest BCUT2D eigenvalue weighted by Crippen LogP contribution is 2.15. The Morgan fingerprint density at radius 1 is 0.300 bits per heavy atom. The maximum Gasteiger partial charge on any atom is 0.256 e. The summed E-state index contributed by atoms with van der Waals surface area (Å²) in [5.41, 5.74) is 0. The lowest BCUT2D eigenvalue weighted by Gasteiger charge is -2.11. The quantitative estimate of drug-likeness (QED) is 0.0481. The highest BCUT2D eigenvalue weighted by Gasteiger charge is 2.01. The number of thiocarbonyl (C=S) groups is 2. The second-order valence-electron chi connectivity index (χ2n) is 15.1. The molecule has 0 radical (unpaired) electrons. The molecule has 0 heterocycles. The Morgan fingerprint density at radius 3 is 0.740 bits per heavy atom. The van der Waals surface area contributed by atoms with E-state index in [-0.39, 0.29) is 0 Å². The number of rotatable bonds is 41. The molecule has 0 aromatic carbocycles. The largest absolute Gasteiger partial charge is 0.471 e. The average molecular weight is 741 g/mol. The molecule has 6 heteroatoms. The number of ether oxygens (including phenoxy) is 2. The Hall–Kier alpha value is -0.620. The van der Waals surface area contributed by atoms with Crippen LogP contribution in [0.3, 0.4) is 0 Å². The van der Waals surface area contributed by atoms with Gasteiger partial charge >= 0.3 is 0 Å². The van der Waals surface area contributed by atoms with Crippen molar-refractivity contribution in [2.75, 3.05) is 26.3 Å². The molecule has 0 aromatic rings. The normalized spacial score (nSPS) is 11.2. The summed E-state index contributed by atoms with van der Waals surface area (Å²) in [6.07, 6.45) is 49.0. The number of hydrogen-bond acceptors (Lipinski definition) is 4. The molecule has 0 saturated heterocycles. The van der Waals surface area contributed by atoms with Crippen LogP contribution in [0.2, 0.25) is 0 Å². The minimum absolute atomic E-state index is 0.569. The van der Waals surface area contributed by atoms with E-state index in [0.717, 1.165) is 52.0 Å². The van der Waals surface area contributed by atoms with E-state index in [9.17, 15) is 0 Å². The Morgan fingerprint density at radius 2 is 0.500 bits per heavy atom. The van der Waals surface area contributed by atoms with Gasteiger partial charge in [-0.3, -0.25) is 0 Å². The summed E-state index contributed by atoms with van der Waals surface area (Å²) in [7, 11) is 0. The molecule has 0 aliphatic heterocycles. The van der Waals surface area contributed by atoms with Crippen LogP contribution in [0.4, 0.5) is 0 Å². The van der Waals surface area contributed by atoms with Crippen molar-refractivity contribution in [3.63, 3.8) is 0 Å².